The molecule has 1 saturated heterocycles. The fraction of sp³-hybridized carbons (Fsp3) is 0.296. The van der Waals surface area contributed by atoms with Crippen LogP contribution in [0.25, 0.3) is 5.76 Å². The minimum absolute atomic E-state index is 0.0882. The number of aromatic amines is 1. The van der Waals surface area contributed by atoms with Crippen molar-refractivity contribution in [3.8, 4) is 11.5 Å². The molecule has 8 nitrogen and oxygen atoms in total. The summed E-state index contributed by atoms with van der Waals surface area (Å²) in [5, 5.41) is 11.3. The number of rotatable bonds is 7. The number of likely N-dealkylation sites (tertiary alicyclic amines) is 1. The Morgan fingerprint density at radius 2 is 1.89 bits per heavy atom. The topological polar surface area (TPSA) is 95.7 Å². The number of carbonyl (C=O) groups is 2. The maximum absolute atomic E-state index is 13.2. The van der Waals surface area contributed by atoms with Crippen LogP contribution in [0.1, 0.15) is 36.1 Å². The van der Waals surface area contributed by atoms with Crippen molar-refractivity contribution in [2.24, 2.45) is 0 Å². The average Bonchev–Trinajstić information content (AvgIpc) is 3.50. The third-order valence-electron chi connectivity index (χ3n) is 6.48. The zero-order valence-electron chi connectivity index (χ0n) is 19.6. The van der Waals surface area contributed by atoms with Gasteiger partial charge < -0.3 is 19.5 Å². The van der Waals surface area contributed by atoms with Crippen LogP contribution in [0.5, 0.6) is 11.5 Å². The van der Waals surface area contributed by atoms with Crippen LogP contribution >= 0.6 is 0 Å². The standard InChI is InChI=1S/C27H27N3O5/c1-2-18-4-6-19(7-5-18)24-23(25(31)20-8-9-21-22(16-20)35-15-14-34-21)26(32)27(33)30(24)12-3-11-29-13-10-28-17-29/h4-10,13,16-17,24H,2-3,11-12,14-15H2,1H3,(H,31,32)/p+1. The molecule has 0 radical (unpaired) electrons. The number of carbonyl (C=O) groups excluding carboxylic acids is 2. The van der Waals surface area contributed by atoms with Gasteiger partial charge in [-0.05, 0) is 35.7 Å². The van der Waals surface area contributed by atoms with Crippen LogP contribution in [0.4, 0.5) is 0 Å². The summed E-state index contributed by atoms with van der Waals surface area (Å²) >= 11 is 0. The molecule has 1 unspecified atom stereocenters. The van der Waals surface area contributed by atoms with Gasteiger partial charge in [0.1, 0.15) is 31.4 Å². The van der Waals surface area contributed by atoms with Crippen molar-refractivity contribution in [2.75, 3.05) is 19.8 Å². The van der Waals surface area contributed by atoms with E-state index < -0.39 is 17.7 Å². The number of H-pyrrole nitrogens is 1. The number of hydrogen-bond donors (Lipinski definition) is 2. The number of fused-ring (bicyclic) bond motifs is 1. The second-order valence-corrected chi connectivity index (χ2v) is 8.65. The van der Waals surface area contributed by atoms with Gasteiger partial charge in [-0.1, -0.05) is 31.2 Å². The minimum atomic E-state index is -0.684. The first-order valence-corrected chi connectivity index (χ1v) is 11.9. The Bertz CT molecular complexity index is 1260. The summed E-state index contributed by atoms with van der Waals surface area (Å²) in [5.74, 6) is -0.416. The first-order valence-electron chi connectivity index (χ1n) is 11.9. The van der Waals surface area contributed by atoms with E-state index in [1.165, 1.54) is 0 Å². The van der Waals surface area contributed by atoms with Crippen molar-refractivity contribution in [3.05, 3.63) is 83.4 Å². The lowest BCUT2D eigenvalue weighted by molar-refractivity contribution is -0.695. The Kier molecular flexibility index (Phi) is 6.27. The molecule has 5 rings (SSSR count). The van der Waals surface area contributed by atoms with Crippen molar-refractivity contribution < 1.29 is 28.7 Å². The van der Waals surface area contributed by atoms with Crippen LogP contribution in [-0.2, 0) is 22.6 Å². The van der Waals surface area contributed by atoms with Crippen molar-refractivity contribution in [3.63, 3.8) is 0 Å². The number of aromatic nitrogens is 2. The van der Waals surface area contributed by atoms with Crippen LogP contribution in [0.15, 0.2) is 66.8 Å². The molecule has 1 amide bonds. The summed E-state index contributed by atoms with van der Waals surface area (Å²) in [4.78, 5) is 31.0. The Balaban J connectivity index is 1.53. The highest BCUT2D eigenvalue weighted by Gasteiger charge is 2.45. The van der Waals surface area contributed by atoms with Crippen LogP contribution in [0.3, 0.4) is 0 Å². The van der Waals surface area contributed by atoms with Crippen molar-refractivity contribution in [1.82, 2.24) is 9.88 Å². The van der Waals surface area contributed by atoms with Crippen molar-refractivity contribution in [2.45, 2.75) is 32.4 Å². The molecule has 180 valence electrons. The molecule has 1 atom stereocenters. The largest absolute Gasteiger partial charge is 0.507 e. The number of aliphatic hydroxyl groups excluding tert-OH is 1. The predicted molar refractivity (Wildman–Crippen MR) is 128 cm³/mol. The van der Waals surface area contributed by atoms with E-state index in [1.54, 1.807) is 23.1 Å². The zero-order chi connectivity index (χ0) is 24.4. The summed E-state index contributed by atoms with van der Waals surface area (Å²) in [5.41, 5.74) is 2.44. The van der Waals surface area contributed by atoms with Gasteiger partial charge in [0.05, 0.1) is 18.2 Å². The van der Waals surface area contributed by atoms with Gasteiger partial charge in [-0.3, -0.25) is 14.6 Å². The fourth-order valence-corrected chi connectivity index (χ4v) is 4.62. The number of ketones is 1. The van der Waals surface area contributed by atoms with E-state index in [4.69, 9.17) is 9.47 Å². The molecule has 2 N–H and O–H groups in total. The molecule has 2 aromatic carbocycles. The van der Waals surface area contributed by atoms with Gasteiger partial charge in [-0.15, -0.1) is 0 Å². The van der Waals surface area contributed by atoms with Gasteiger partial charge in [-0.2, -0.15) is 0 Å². The molecule has 1 aromatic heterocycles. The highest BCUT2D eigenvalue weighted by molar-refractivity contribution is 6.46. The molecule has 0 bridgehead atoms. The second-order valence-electron chi connectivity index (χ2n) is 8.65. The van der Waals surface area contributed by atoms with E-state index in [0.717, 1.165) is 17.5 Å². The summed E-state index contributed by atoms with van der Waals surface area (Å²) in [7, 11) is 0. The Morgan fingerprint density at radius 3 is 2.60 bits per heavy atom. The molecule has 1 fully saturated rings. The summed E-state index contributed by atoms with van der Waals surface area (Å²) < 4.78 is 13.2. The molecule has 0 aliphatic carbocycles. The van der Waals surface area contributed by atoms with E-state index in [1.807, 2.05) is 47.6 Å². The second kappa shape index (κ2) is 9.66. The van der Waals surface area contributed by atoms with Crippen LogP contribution in [0.2, 0.25) is 0 Å². The molecule has 0 spiro atoms. The van der Waals surface area contributed by atoms with Crippen molar-refractivity contribution >= 4 is 17.4 Å². The van der Waals surface area contributed by atoms with Crippen molar-refractivity contribution in [1.29, 1.82) is 0 Å². The lowest BCUT2D eigenvalue weighted by Gasteiger charge is -2.25. The van der Waals surface area contributed by atoms with Crippen LogP contribution in [0, 0.1) is 0 Å². The molecule has 8 heteroatoms. The number of imidazole rings is 1. The number of Topliss-reactive ketones (excluding diaryl/α,β-unsaturated/α-hetero) is 1. The lowest BCUT2D eigenvalue weighted by Crippen LogP contribution is -2.36. The Morgan fingerprint density at radius 1 is 1.11 bits per heavy atom. The van der Waals surface area contributed by atoms with Crippen LogP contribution in [-0.4, -0.2) is 46.4 Å². The van der Waals surface area contributed by atoms with Gasteiger partial charge in [0.2, 0.25) is 6.33 Å². The fourth-order valence-electron chi connectivity index (χ4n) is 4.62. The van der Waals surface area contributed by atoms with Crippen LogP contribution < -0.4 is 14.0 Å². The summed E-state index contributed by atoms with van der Waals surface area (Å²) in [6.45, 7) is 4.00. The molecule has 3 aromatic rings. The first kappa shape index (κ1) is 22.7. The highest BCUT2D eigenvalue weighted by atomic mass is 16.6. The smallest absolute Gasteiger partial charge is 0.295 e. The Labute approximate surface area is 203 Å². The maximum atomic E-state index is 13.2. The van der Waals surface area contributed by atoms with Gasteiger partial charge in [0, 0.05) is 18.5 Å². The predicted octanol–water partition coefficient (Wildman–Crippen LogP) is 3.15. The van der Waals surface area contributed by atoms with E-state index in [-0.39, 0.29) is 11.3 Å². The minimum Gasteiger partial charge on any atom is -0.507 e. The third kappa shape index (κ3) is 4.39. The summed E-state index contributed by atoms with van der Waals surface area (Å²) in [6, 6.07) is 12.2. The molecular weight excluding hydrogens is 446 g/mol. The molecule has 2 aliphatic heterocycles. The number of nitrogens with one attached hydrogen (secondary N) is 1. The SMILES string of the molecule is CCc1ccc(C2C(=C(O)c3ccc4c(c3)OCCO4)C(=O)C(=O)N2CCC[n+]2cc[nH]c2)cc1. The highest BCUT2D eigenvalue weighted by Crippen LogP contribution is 2.41. The summed E-state index contributed by atoms with van der Waals surface area (Å²) in [6.07, 6.45) is 7.12. The third-order valence-corrected chi connectivity index (χ3v) is 6.48. The monoisotopic (exact) mass is 474 g/mol. The average molecular weight is 475 g/mol. The van der Waals surface area contributed by atoms with Gasteiger partial charge in [0.15, 0.2) is 11.5 Å². The van der Waals surface area contributed by atoms with E-state index in [9.17, 15) is 14.7 Å². The zero-order valence-corrected chi connectivity index (χ0v) is 19.6. The first-order chi connectivity index (χ1) is 17.1. The Hall–Kier alpha value is -4.07. The molecular formula is C27H28N3O5+. The van der Waals surface area contributed by atoms with E-state index in [2.05, 4.69) is 11.9 Å². The van der Waals surface area contributed by atoms with Gasteiger partial charge >= 0.3 is 0 Å². The number of ether oxygens (including phenoxy) is 2. The molecule has 0 saturated carbocycles. The molecule has 2 aliphatic rings. The van der Waals surface area contributed by atoms with Gasteiger partial charge in [0.25, 0.3) is 11.7 Å². The lowest BCUT2D eigenvalue weighted by atomic mass is 9.94. The van der Waals surface area contributed by atoms with E-state index in [0.29, 0.717) is 49.8 Å². The number of aliphatic hydroxyl groups is 1. The van der Waals surface area contributed by atoms with Gasteiger partial charge in [-0.25, -0.2) is 4.57 Å². The number of hydrogen-bond acceptors (Lipinski definition) is 5. The number of nitrogens with zero attached hydrogens (tertiary/aromatic N) is 2. The molecule has 3 heterocycles. The number of aryl methyl sites for hydroxylation is 2. The van der Waals surface area contributed by atoms with E-state index >= 15 is 0 Å². The maximum Gasteiger partial charge on any atom is 0.295 e. The molecule has 35 heavy (non-hydrogen) atoms. The quantitative estimate of drug-likeness (QED) is 0.237. The normalized spacial score (nSPS) is 18.8. The number of benzene rings is 2. The number of amides is 1.